The highest BCUT2D eigenvalue weighted by atomic mass is 32.1. The number of anilines is 3. The summed E-state index contributed by atoms with van der Waals surface area (Å²) in [7, 11) is 0. The summed E-state index contributed by atoms with van der Waals surface area (Å²) in [6.45, 7) is 4.82. The van der Waals surface area contributed by atoms with Crippen LogP contribution in [0.4, 0.5) is 17.1 Å². The topological polar surface area (TPSA) is 3.24 Å². The fraction of sp³-hybridized carbons (Fsp3) is 0.137. The van der Waals surface area contributed by atoms with Crippen LogP contribution in [-0.2, 0) is 5.41 Å². The Kier molecular flexibility index (Phi) is 7.70. The Morgan fingerprint density at radius 3 is 1.89 bits per heavy atom. The van der Waals surface area contributed by atoms with E-state index in [9.17, 15) is 0 Å². The highest BCUT2D eigenvalue weighted by molar-refractivity contribution is 7.26. The predicted molar refractivity (Wildman–Crippen MR) is 229 cm³/mol. The van der Waals surface area contributed by atoms with E-state index in [1.54, 1.807) is 0 Å². The van der Waals surface area contributed by atoms with E-state index < -0.39 is 0 Å². The monoisotopic (exact) mass is 699 g/mol. The summed E-state index contributed by atoms with van der Waals surface area (Å²) in [6.07, 6.45) is 7.43. The van der Waals surface area contributed by atoms with E-state index in [1.807, 2.05) is 11.3 Å². The number of fused-ring (bicyclic) bond motifs is 6. The molecular formula is C51H41NS. The molecule has 1 heterocycles. The summed E-state index contributed by atoms with van der Waals surface area (Å²) in [5, 5.41) is 2.63. The van der Waals surface area contributed by atoms with Crippen LogP contribution in [0.5, 0.6) is 0 Å². The molecule has 0 bridgehead atoms. The first-order valence-corrected chi connectivity index (χ1v) is 19.8. The number of benzene rings is 7. The molecule has 0 saturated carbocycles. The molecule has 2 aliphatic rings. The molecule has 2 heteroatoms. The first-order chi connectivity index (χ1) is 26.0. The van der Waals surface area contributed by atoms with Crippen LogP contribution in [0, 0.1) is 0 Å². The van der Waals surface area contributed by atoms with Crippen molar-refractivity contribution in [2.75, 3.05) is 4.90 Å². The van der Waals surface area contributed by atoms with Gasteiger partial charge in [0.05, 0.1) is 5.69 Å². The van der Waals surface area contributed by atoms with Crippen LogP contribution in [0.25, 0.3) is 59.1 Å². The third kappa shape index (κ3) is 5.35. The Labute approximate surface area is 316 Å². The Balaban J connectivity index is 1.18. The number of thiophene rings is 1. The number of nitrogens with zero attached hydrogens (tertiary/aromatic N) is 1. The number of hydrogen-bond donors (Lipinski definition) is 0. The smallest absolute Gasteiger partial charge is 0.0636 e. The number of hydrogen-bond acceptors (Lipinski definition) is 2. The maximum Gasteiger partial charge on any atom is 0.0636 e. The van der Waals surface area contributed by atoms with E-state index in [1.165, 1.54) is 107 Å². The van der Waals surface area contributed by atoms with E-state index in [0.29, 0.717) is 0 Å². The lowest BCUT2D eigenvalue weighted by atomic mass is 9.81. The molecule has 53 heavy (non-hydrogen) atoms. The maximum absolute atomic E-state index is 2.53. The molecule has 256 valence electrons. The Hall–Kier alpha value is -5.70. The van der Waals surface area contributed by atoms with Crippen molar-refractivity contribution in [1.29, 1.82) is 0 Å². The summed E-state index contributed by atoms with van der Waals surface area (Å²) in [4.78, 5) is 2.53. The van der Waals surface area contributed by atoms with E-state index in [-0.39, 0.29) is 5.41 Å². The van der Waals surface area contributed by atoms with Gasteiger partial charge in [0.25, 0.3) is 0 Å². The lowest BCUT2D eigenvalue weighted by Crippen LogP contribution is -2.16. The van der Waals surface area contributed by atoms with Crippen molar-refractivity contribution in [1.82, 2.24) is 0 Å². The number of rotatable bonds is 6. The molecule has 10 rings (SSSR count). The zero-order valence-corrected chi connectivity index (χ0v) is 31.1. The Bertz CT molecular complexity index is 2660. The van der Waals surface area contributed by atoms with E-state index in [2.05, 4.69) is 183 Å². The summed E-state index contributed by atoms with van der Waals surface area (Å²) in [5.74, 6) is 0. The third-order valence-electron chi connectivity index (χ3n) is 11.6. The maximum atomic E-state index is 2.53. The highest BCUT2D eigenvalue weighted by Gasteiger charge is 2.40. The van der Waals surface area contributed by atoms with Gasteiger partial charge in [0.2, 0.25) is 0 Å². The second kappa shape index (κ2) is 12.8. The first kappa shape index (κ1) is 32.0. The second-order valence-corrected chi connectivity index (χ2v) is 16.2. The van der Waals surface area contributed by atoms with Crippen molar-refractivity contribution in [3.63, 3.8) is 0 Å². The molecule has 0 radical (unpaired) electrons. The standard InChI is InChI=1S/C51H41NS/c1-51(2)44-32-39(35-16-8-4-9-17-35)28-31-42(44)48-45(51)33-47-49(43-20-12-13-21-46(43)53-47)50(48)52(40-18-10-5-11-19-40)41-29-26-38(27-30-41)37-24-22-36(23-25-37)34-14-6-3-7-15-34/h4-5,8-14,16-33H,3,6-7,15H2,1-2H3. The average molecular weight is 700 g/mol. The fourth-order valence-electron chi connectivity index (χ4n) is 8.85. The molecule has 0 atom stereocenters. The van der Waals surface area contributed by atoms with Crippen molar-refractivity contribution in [2.24, 2.45) is 0 Å². The third-order valence-corrected chi connectivity index (χ3v) is 12.7. The number of allylic oxidation sites excluding steroid dienone is 2. The van der Waals surface area contributed by atoms with Crippen LogP contribution in [-0.4, -0.2) is 0 Å². The van der Waals surface area contributed by atoms with E-state index in [4.69, 9.17) is 0 Å². The van der Waals surface area contributed by atoms with Gasteiger partial charge in [-0.25, -0.2) is 0 Å². The van der Waals surface area contributed by atoms with Crippen LogP contribution >= 0.6 is 11.3 Å². The van der Waals surface area contributed by atoms with E-state index >= 15 is 0 Å². The zero-order chi connectivity index (χ0) is 35.5. The van der Waals surface area contributed by atoms with Crippen molar-refractivity contribution in [3.8, 4) is 33.4 Å². The summed E-state index contributed by atoms with van der Waals surface area (Å²) >= 11 is 1.91. The van der Waals surface area contributed by atoms with Crippen LogP contribution < -0.4 is 4.90 Å². The fourth-order valence-corrected chi connectivity index (χ4v) is 10.0. The van der Waals surface area contributed by atoms with Gasteiger partial charge in [0, 0.05) is 42.5 Å². The molecule has 0 fully saturated rings. The molecule has 1 aromatic heterocycles. The molecule has 7 aromatic carbocycles. The molecule has 0 unspecified atom stereocenters. The lowest BCUT2D eigenvalue weighted by molar-refractivity contribution is 0.661. The van der Waals surface area contributed by atoms with Gasteiger partial charge in [-0.2, -0.15) is 0 Å². The average Bonchev–Trinajstić information content (AvgIpc) is 3.70. The largest absolute Gasteiger partial charge is 0.309 e. The van der Waals surface area contributed by atoms with Gasteiger partial charge >= 0.3 is 0 Å². The molecular weight excluding hydrogens is 659 g/mol. The molecule has 0 N–H and O–H groups in total. The normalized spacial score (nSPS) is 14.6. The first-order valence-electron chi connectivity index (χ1n) is 19.0. The minimum Gasteiger partial charge on any atom is -0.309 e. The molecule has 0 saturated heterocycles. The van der Waals surface area contributed by atoms with Crippen molar-refractivity contribution in [2.45, 2.75) is 44.9 Å². The Morgan fingerprint density at radius 2 is 1.15 bits per heavy atom. The van der Waals surface area contributed by atoms with Gasteiger partial charge in [0.15, 0.2) is 0 Å². The predicted octanol–water partition coefficient (Wildman–Crippen LogP) is 15.1. The molecule has 8 aromatic rings. The summed E-state index contributed by atoms with van der Waals surface area (Å²) in [5.41, 5.74) is 16.7. The molecule has 0 amide bonds. The van der Waals surface area contributed by atoms with Crippen LogP contribution in [0.1, 0.15) is 56.2 Å². The van der Waals surface area contributed by atoms with Crippen molar-refractivity contribution in [3.05, 3.63) is 180 Å². The van der Waals surface area contributed by atoms with Crippen LogP contribution in [0.3, 0.4) is 0 Å². The second-order valence-electron chi connectivity index (χ2n) is 15.1. The van der Waals surface area contributed by atoms with Gasteiger partial charge in [-0.1, -0.05) is 135 Å². The Morgan fingerprint density at radius 1 is 0.528 bits per heavy atom. The molecule has 0 spiro atoms. The molecule has 1 nitrogen and oxygen atoms in total. The van der Waals surface area contributed by atoms with Gasteiger partial charge in [-0.3, -0.25) is 0 Å². The lowest BCUT2D eigenvalue weighted by Gasteiger charge is -2.30. The molecule has 2 aliphatic carbocycles. The summed E-state index contributed by atoms with van der Waals surface area (Å²) in [6, 6.07) is 58.8. The van der Waals surface area contributed by atoms with Gasteiger partial charge < -0.3 is 4.90 Å². The minimum atomic E-state index is -0.180. The minimum absolute atomic E-state index is 0.180. The zero-order valence-electron chi connectivity index (χ0n) is 30.3. The van der Waals surface area contributed by atoms with Crippen LogP contribution in [0.15, 0.2) is 164 Å². The van der Waals surface area contributed by atoms with Gasteiger partial charge in [-0.05, 0) is 118 Å². The van der Waals surface area contributed by atoms with Gasteiger partial charge in [-0.15, -0.1) is 11.3 Å². The SMILES string of the molecule is CC1(C)c2cc(-c3ccccc3)ccc2-c2c1cc1sc3ccccc3c1c2N(c1ccccc1)c1ccc(-c2ccc(C3=CCCCC3)cc2)cc1. The quantitative estimate of drug-likeness (QED) is 0.167. The van der Waals surface area contributed by atoms with Crippen molar-refractivity contribution >= 4 is 54.1 Å². The van der Waals surface area contributed by atoms with Crippen molar-refractivity contribution < 1.29 is 0 Å². The van der Waals surface area contributed by atoms with Crippen LogP contribution in [0.2, 0.25) is 0 Å². The van der Waals surface area contributed by atoms with Gasteiger partial charge in [0.1, 0.15) is 0 Å². The summed E-state index contributed by atoms with van der Waals surface area (Å²) < 4.78 is 2.65. The molecule has 0 aliphatic heterocycles. The number of para-hydroxylation sites is 1. The van der Waals surface area contributed by atoms with E-state index in [0.717, 1.165) is 11.4 Å². The highest BCUT2D eigenvalue weighted by Crippen LogP contribution is 2.59.